The lowest BCUT2D eigenvalue weighted by Gasteiger charge is -2.05. The van der Waals surface area contributed by atoms with Crippen molar-refractivity contribution in [1.82, 2.24) is 14.5 Å². The van der Waals surface area contributed by atoms with Crippen LogP contribution in [0.25, 0.3) is 39.4 Å². The van der Waals surface area contributed by atoms with Crippen molar-refractivity contribution >= 4 is 28.5 Å². The lowest BCUT2D eigenvalue weighted by Crippen LogP contribution is -2.17. The zero-order valence-corrected chi connectivity index (χ0v) is 22.9. The third kappa shape index (κ3) is 5.29. The predicted molar refractivity (Wildman–Crippen MR) is 159 cm³/mol. The van der Waals surface area contributed by atoms with Crippen molar-refractivity contribution in [3.63, 3.8) is 0 Å². The molecule has 0 amide bonds. The molecule has 0 N–H and O–H groups in total. The van der Waals surface area contributed by atoms with Crippen molar-refractivity contribution < 1.29 is 13.5 Å². The molecule has 0 bridgehead atoms. The van der Waals surface area contributed by atoms with E-state index in [0.717, 1.165) is 57.7 Å². The molecule has 0 saturated carbocycles. The Morgan fingerprint density at radius 3 is 2.66 bits per heavy atom. The molecule has 3 aromatic carbocycles. The first-order chi connectivity index (χ1) is 20.2. The average molecular weight is 564 g/mol. The summed E-state index contributed by atoms with van der Waals surface area (Å²) in [7, 11) is 0. The number of furan rings is 1. The van der Waals surface area contributed by atoms with Gasteiger partial charge in [0.05, 0.1) is 30.2 Å². The molecule has 1 atom stereocenters. The van der Waals surface area contributed by atoms with Gasteiger partial charge in [0, 0.05) is 34.7 Å². The zero-order chi connectivity index (χ0) is 27.6. The molecule has 204 valence electrons. The van der Waals surface area contributed by atoms with Crippen LogP contribution in [0, 0.1) is 5.82 Å². The standard InChI is InChI=1S/C32H26FN5O2S/c33-25-14-12-22(13-15-25)28-21-41-32(34-19-27-10-6-16-39-27)38(28)35-18-24-20-37(26-8-2-1-3-9-26)36-31(24)30-17-23-7-4-5-11-29(23)40-30/h1-5,7-9,11-15,17-18,20-21,27H,6,10,16,19H2/b34-32?,35-18-/t27-/m0/s1. The summed E-state index contributed by atoms with van der Waals surface area (Å²) in [4.78, 5) is 5.59. The number of aromatic nitrogens is 3. The number of fused-ring (bicyclic) bond motifs is 1. The number of hydrogen-bond acceptors (Lipinski definition) is 6. The van der Waals surface area contributed by atoms with Crippen molar-refractivity contribution in [3.05, 3.63) is 113 Å². The first-order valence-corrected chi connectivity index (χ1v) is 14.4. The number of halogens is 1. The van der Waals surface area contributed by atoms with Crippen molar-refractivity contribution in [2.24, 2.45) is 10.1 Å². The van der Waals surface area contributed by atoms with Crippen LogP contribution in [0.1, 0.15) is 18.4 Å². The van der Waals surface area contributed by atoms with Gasteiger partial charge in [-0.1, -0.05) is 36.4 Å². The number of rotatable bonds is 7. The van der Waals surface area contributed by atoms with E-state index < -0.39 is 0 Å². The van der Waals surface area contributed by atoms with E-state index in [1.54, 1.807) is 23.0 Å². The lowest BCUT2D eigenvalue weighted by atomic mass is 10.2. The quantitative estimate of drug-likeness (QED) is 0.198. The van der Waals surface area contributed by atoms with Gasteiger partial charge in [-0.15, -0.1) is 11.3 Å². The van der Waals surface area contributed by atoms with Crippen LogP contribution in [0.3, 0.4) is 0 Å². The van der Waals surface area contributed by atoms with E-state index in [-0.39, 0.29) is 11.9 Å². The van der Waals surface area contributed by atoms with E-state index in [0.29, 0.717) is 18.0 Å². The van der Waals surface area contributed by atoms with Gasteiger partial charge in [-0.3, -0.25) is 4.99 Å². The Bertz CT molecular complexity index is 1860. The van der Waals surface area contributed by atoms with Gasteiger partial charge in [-0.05, 0) is 61.4 Å². The molecule has 0 aliphatic carbocycles. The summed E-state index contributed by atoms with van der Waals surface area (Å²) in [5.41, 5.74) is 4.83. The van der Waals surface area contributed by atoms with E-state index >= 15 is 0 Å². The summed E-state index contributed by atoms with van der Waals surface area (Å²) in [5, 5.41) is 12.8. The summed E-state index contributed by atoms with van der Waals surface area (Å²) >= 11 is 1.49. The van der Waals surface area contributed by atoms with Crippen LogP contribution in [-0.4, -0.2) is 39.9 Å². The molecule has 9 heteroatoms. The summed E-state index contributed by atoms with van der Waals surface area (Å²) in [6.07, 6.45) is 5.89. The summed E-state index contributed by atoms with van der Waals surface area (Å²) in [6, 6.07) is 26.2. The molecule has 3 aromatic heterocycles. The molecule has 0 radical (unpaired) electrons. The maximum atomic E-state index is 13.7. The molecular formula is C32H26FN5O2S. The van der Waals surface area contributed by atoms with Crippen LogP contribution >= 0.6 is 11.3 Å². The number of hydrogen-bond donors (Lipinski definition) is 0. The van der Waals surface area contributed by atoms with Gasteiger partial charge in [0.25, 0.3) is 0 Å². The lowest BCUT2D eigenvalue weighted by molar-refractivity contribution is 0.117. The summed E-state index contributed by atoms with van der Waals surface area (Å²) < 4.78 is 29.3. The minimum absolute atomic E-state index is 0.118. The zero-order valence-electron chi connectivity index (χ0n) is 22.1. The van der Waals surface area contributed by atoms with E-state index in [4.69, 9.17) is 24.3 Å². The van der Waals surface area contributed by atoms with Gasteiger partial charge in [-0.2, -0.15) is 10.2 Å². The van der Waals surface area contributed by atoms with Gasteiger partial charge in [0.2, 0.25) is 4.80 Å². The molecule has 1 saturated heterocycles. The van der Waals surface area contributed by atoms with Crippen molar-refractivity contribution in [2.45, 2.75) is 18.9 Å². The Morgan fingerprint density at radius 1 is 1.02 bits per heavy atom. The summed E-state index contributed by atoms with van der Waals surface area (Å²) in [6.45, 7) is 1.34. The van der Waals surface area contributed by atoms with Gasteiger partial charge in [0.15, 0.2) is 5.76 Å². The van der Waals surface area contributed by atoms with Gasteiger partial charge in [0.1, 0.15) is 17.1 Å². The Balaban J connectivity index is 1.33. The van der Waals surface area contributed by atoms with E-state index in [2.05, 4.69) is 0 Å². The highest BCUT2D eigenvalue weighted by atomic mass is 32.1. The molecule has 1 aliphatic rings. The van der Waals surface area contributed by atoms with Gasteiger partial charge in [-0.25, -0.2) is 13.7 Å². The maximum absolute atomic E-state index is 13.7. The highest BCUT2D eigenvalue weighted by Crippen LogP contribution is 2.29. The molecular weight excluding hydrogens is 537 g/mol. The van der Waals surface area contributed by atoms with Crippen molar-refractivity contribution in [3.8, 4) is 28.4 Å². The fraction of sp³-hybridized carbons (Fsp3) is 0.156. The second-order valence-electron chi connectivity index (χ2n) is 9.80. The molecule has 0 unspecified atom stereocenters. The molecule has 0 spiro atoms. The van der Waals surface area contributed by atoms with Crippen molar-refractivity contribution in [2.75, 3.05) is 13.2 Å². The second kappa shape index (κ2) is 11.1. The molecule has 41 heavy (non-hydrogen) atoms. The fourth-order valence-electron chi connectivity index (χ4n) is 4.91. The van der Waals surface area contributed by atoms with Crippen molar-refractivity contribution in [1.29, 1.82) is 0 Å². The van der Waals surface area contributed by atoms with Gasteiger partial charge >= 0.3 is 0 Å². The molecule has 1 aliphatic heterocycles. The van der Waals surface area contributed by atoms with Crippen LogP contribution in [0.4, 0.5) is 4.39 Å². The van der Waals surface area contributed by atoms with Crippen LogP contribution in [-0.2, 0) is 4.74 Å². The molecule has 6 aromatic rings. The molecule has 1 fully saturated rings. The third-order valence-corrected chi connectivity index (χ3v) is 7.87. The minimum Gasteiger partial charge on any atom is -0.454 e. The van der Waals surface area contributed by atoms with Crippen LogP contribution in [0.5, 0.6) is 0 Å². The summed E-state index contributed by atoms with van der Waals surface area (Å²) in [5.74, 6) is 0.367. The normalized spacial score (nSPS) is 15.9. The topological polar surface area (TPSA) is 69.8 Å². The average Bonchev–Trinajstić information content (AvgIpc) is 3.81. The third-order valence-electron chi connectivity index (χ3n) is 7.01. The number of thiazole rings is 1. The highest BCUT2D eigenvalue weighted by Gasteiger charge is 2.17. The molecule has 7 nitrogen and oxygen atoms in total. The van der Waals surface area contributed by atoms with Crippen LogP contribution in [0.2, 0.25) is 0 Å². The van der Waals surface area contributed by atoms with Crippen LogP contribution in [0.15, 0.2) is 111 Å². The Morgan fingerprint density at radius 2 is 1.85 bits per heavy atom. The fourth-order valence-corrected chi connectivity index (χ4v) is 5.76. The first kappa shape index (κ1) is 25.4. The van der Waals surface area contributed by atoms with Crippen LogP contribution < -0.4 is 4.80 Å². The van der Waals surface area contributed by atoms with E-state index in [9.17, 15) is 4.39 Å². The maximum Gasteiger partial charge on any atom is 0.206 e. The minimum atomic E-state index is -0.286. The number of para-hydroxylation sites is 2. The Hall–Kier alpha value is -4.60. The number of benzene rings is 3. The largest absolute Gasteiger partial charge is 0.454 e. The highest BCUT2D eigenvalue weighted by molar-refractivity contribution is 7.07. The first-order valence-electron chi connectivity index (χ1n) is 13.5. The van der Waals surface area contributed by atoms with E-state index in [1.165, 1.54) is 23.5 Å². The number of nitrogens with zero attached hydrogens (tertiary/aromatic N) is 5. The smallest absolute Gasteiger partial charge is 0.206 e. The van der Waals surface area contributed by atoms with E-state index in [1.807, 2.05) is 76.9 Å². The second-order valence-corrected chi connectivity index (χ2v) is 10.6. The SMILES string of the molecule is Fc1ccc(-c2csc(=NC[C@@H]3CCCO3)n2/N=C\c2cn(-c3ccccc3)nc2-c2cc3ccccc3o2)cc1. The monoisotopic (exact) mass is 563 g/mol. The Kier molecular flexibility index (Phi) is 6.88. The van der Waals surface area contributed by atoms with Gasteiger partial charge < -0.3 is 9.15 Å². The molecule has 4 heterocycles. The number of ether oxygens (including phenoxy) is 1. The molecule has 7 rings (SSSR count). The predicted octanol–water partition coefficient (Wildman–Crippen LogP) is 6.92. The Labute approximate surface area is 239 Å².